The molecule has 2 aromatic carbocycles. The molecule has 4 heteroatoms. The van der Waals surface area contributed by atoms with Gasteiger partial charge >= 0.3 is 0 Å². The predicted octanol–water partition coefficient (Wildman–Crippen LogP) is 3.20. The van der Waals surface area contributed by atoms with Gasteiger partial charge in [0.1, 0.15) is 0 Å². The maximum Gasteiger partial charge on any atom is 0.258 e. The molecule has 2 rings (SSSR count). The van der Waals surface area contributed by atoms with Crippen LogP contribution in [0.5, 0.6) is 0 Å². The van der Waals surface area contributed by atoms with E-state index in [1.54, 1.807) is 48.3 Å². The molecule has 3 nitrogen and oxygen atoms in total. The summed E-state index contributed by atoms with van der Waals surface area (Å²) in [6, 6.07) is 14.0. The highest BCUT2D eigenvalue weighted by atomic mass is 35.5. The molecule has 0 spiro atoms. The molecule has 1 amide bonds. The van der Waals surface area contributed by atoms with Crippen molar-refractivity contribution < 1.29 is 4.79 Å². The second kappa shape index (κ2) is 5.10. The highest BCUT2D eigenvalue weighted by Gasteiger charge is 2.13. The third-order valence-corrected chi connectivity index (χ3v) is 2.89. The van der Waals surface area contributed by atoms with Gasteiger partial charge in [0.15, 0.2) is 0 Å². The first-order chi connectivity index (χ1) is 8.58. The van der Waals surface area contributed by atoms with E-state index in [9.17, 15) is 4.79 Å². The fraction of sp³-hybridized carbons (Fsp3) is 0.0714. The highest BCUT2D eigenvalue weighted by molar-refractivity contribution is 6.31. The average Bonchev–Trinajstić information content (AvgIpc) is 2.38. The summed E-state index contributed by atoms with van der Waals surface area (Å²) in [6.07, 6.45) is 0. The molecule has 0 fully saturated rings. The van der Waals surface area contributed by atoms with Crippen LogP contribution in [-0.4, -0.2) is 13.0 Å². The van der Waals surface area contributed by atoms with Crippen molar-refractivity contribution in [3.8, 4) is 0 Å². The zero-order valence-electron chi connectivity index (χ0n) is 9.93. The van der Waals surface area contributed by atoms with Crippen molar-refractivity contribution in [2.75, 3.05) is 17.7 Å². The summed E-state index contributed by atoms with van der Waals surface area (Å²) in [5, 5.41) is 0.601. The lowest BCUT2D eigenvalue weighted by molar-refractivity contribution is 0.0993. The Kier molecular flexibility index (Phi) is 3.53. The van der Waals surface area contributed by atoms with Crippen molar-refractivity contribution >= 4 is 28.9 Å². The Morgan fingerprint density at radius 3 is 2.44 bits per heavy atom. The number of benzene rings is 2. The van der Waals surface area contributed by atoms with E-state index in [1.165, 1.54) is 0 Å². The smallest absolute Gasteiger partial charge is 0.258 e. The number of hydrogen-bond donors (Lipinski definition) is 1. The van der Waals surface area contributed by atoms with Crippen LogP contribution in [0.1, 0.15) is 10.4 Å². The molecule has 0 aliphatic rings. The number of anilines is 2. The number of halogens is 1. The van der Waals surface area contributed by atoms with E-state index in [1.807, 2.05) is 12.1 Å². The summed E-state index contributed by atoms with van der Waals surface area (Å²) in [6.45, 7) is 0. The zero-order valence-corrected chi connectivity index (χ0v) is 10.7. The Morgan fingerprint density at radius 2 is 1.83 bits per heavy atom. The van der Waals surface area contributed by atoms with Crippen LogP contribution < -0.4 is 10.6 Å². The normalized spacial score (nSPS) is 10.1. The number of hydrogen-bond acceptors (Lipinski definition) is 2. The second-order valence-electron chi connectivity index (χ2n) is 3.97. The second-order valence-corrected chi connectivity index (χ2v) is 4.40. The first-order valence-corrected chi connectivity index (χ1v) is 5.85. The van der Waals surface area contributed by atoms with Crippen LogP contribution in [0.25, 0.3) is 0 Å². The van der Waals surface area contributed by atoms with E-state index >= 15 is 0 Å². The molecule has 2 N–H and O–H groups in total. The van der Waals surface area contributed by atoms with Crippen LogP contribution in [-0.2, 0) is 0 Å². The van der Waals surface area contributed by atoms with Crippen molar-refractivity contribution in [3.63, 3.8) is 0 Å². The molecule has 2 aromatic rings. The molecule has 0 aliphatic heterocycles. The fourth-order valence-corrected chi connectivity index (χ4v) is 1.81. The molecular formula is C14H13ClN2O. The van der Waals surface area contributed by atoms with Crippen molar-refractivity contribution in [2.45, 2.75) is 0 Å². The average molecular weight is 261 g/mol. The highest BCUT2D eigenvalue weighted by Crippen LogP contribution is 2.20. The standard InChI is InChI=1S/C14H13ClN2O/c1-17(13-4-2-3-11(15)9-13)14(18)10-5-7-12(16)8-6-10/h2-9H,16H2,1H3. The SMILES string of the molecule is CN(C(=O)c1ccc(N)cc1)c1cccc(Cl)c1. The molecule has 0 bridgehead atoms. The number of carbonyl (C=O) groups is 1. The van der Waals surface area contributed by atoms with Gasteiger partial charge in [0.2, 0.25) is 0 Å². The topological polar surface area (TPSA) is 46.3 Å². The van der Waals surface area contributed by atoms with Gasteiger partial charge in [-0.2, -0.15) is 0 Å². The number of nitrogen functional groups attached to an aromatic ring is 1. The van der Waals surface area contributed by atoms with Crippen LogP contribution >= 0.6 is 11.6 Å². The summed E-state index contributed by atoms with van der Waals surface area (Å²) >= 11 is 5.91. The van der Waals surface area contributed by atoms with Gasteiger partial charge in [-0.15, -0.1) is 0 Å². The lowest BCUT2D eigenvalue weighted by Crippen LogP contribution is -2.26. The van der Waals surface area contributed by atoms with Gasteiger partial charge < -0.3 is 10.6 Å². The fourth-order valence-electron chi connectivity index (χ4n) is 1.62. The Morgan fingerprint density at radius 1 is 1.17 bits per heavy atom. The Bertz CT molecular complexity index is 566. The van der Waals surface area contributed by atoms with E-state index in [0.29, 0.717) is 16.3 Å². The van der Waals surface area contributed by atoms with Crippen LogP contribution in [0.4, 0.5) is 11.4 Å². The molecule has 0 saturated carbocycles. The lowest BCUT2D eigenvalue weighted by atomic mass is 10.1. The number of amides is 1. The maximum atomic E-state index is 12.2. The number of rotatable bonds is 2. The molecule has 0 unspecified atom stereocenters. The minimum absolute atomic E-state index is 0.0998. The lowest BCUT2D eigenvalue weighted by Gasteiger charge is -2.17. The molecule has 0 heterocycles. The van der Waals surface area contributed by atoms with Gasteiger partial charge in [-0.05, 0) is 42.5 Å². The van der Waals surface area contributed by atoms with E-state index in [2.05, 4.69) is 0 Å². The summed E-state index contributed by atoms with van der Waals surface area (Å²) < 4.78 is 0. The molecule has 18 heavy (non-hydrogen) atoms. The van der Waals surface area contributed by atoms with Crippen molar-refractivity contribution in [1.82, 2.24) is 0 Å². The van der Waals surface area contributed by atoms with Gasteiger partial charge in [-0.25, -0.2) is 0 Å². The Balaban J connectivity index is 2.26. The molecular weight excluding hydrogens is 248 g/mol. The first-order valence-electron chi connectivity index (χ1n) is 5.47. The van der Waals surface area contributed by atoms with Crippen LogP contribution in [0.15, 0.2) is 48.5 Å². The van der Waals surface area contributed by atoms with Gasteiger partial charge in [0.25, 0.3) is 5.91 Å². The minimum Gasteiger partial charge on any atom is -0.399 e. The minimum atomic E-state index is -0.0998. The van der Waals surface area contributed by atoms with Crippen LogP contribution in [0.3, 0.4) is 0 Å². The van der Waals surface area contributed by atoms with Gasteiger partial charge in [-0.1, -0.05) is 17.7 Å². The van der Waals surface area contributed by atoms with Crippen molar-refractivity contribution in [3.05, 3.63) is 59.1 Å². The first kappa shape index (κ1) is 12.5. The van der Waals surface area contributed by atoms with E-state index in [-0.39, 0.29) is 5.91 Å². The molecule has 0 atom stereocenters. The summed E-state index contributed by atoms with van der Waals surface area (Å²) in [7, 11) is 1.71. The number of nitrogens with zero attached hydrogens (tertiary/aromatic N) is 1. The predicted molar refractivity (Wildman–Crippen MR) is 75.0 cm³/mol. The summed E-state index contributed by atoms with van der Waals surface area (Å²) in [4.78, 5) is 13.8. The van der Waals surface area contributed by atoms with E-state index in [0.717, 1.165) is 5.69 Å². The molecule has 0 saturated heterocycles. The quantitative estimate of drug-likeness (QED) is 0.843. The maximum absolute atomic E-state index is 12.2. The molecule has 0 radical (unpaired) electrons. The van der Waals surface area contributed by atoms with Gasteiger partial charge in [-0.3, -0.25) is 4.79 Å². The van der Waals surface area contributed by atoms with Crippen LogP contribution in [0, 0.1) is 0 Å². The Hall–Kier alpha value is -2.00. The van der Waals surface area contributed by atoms with Crippen molar-refractivity contribution in [1.29, 1.82) is 0 Å². The number of carbonyl (C=O) groups excluding carboxylic acids is 1. The third kappa shape index (κ3) is 2.63. The van der Waals surface area contributed by atoms with E-state index in [4.69, 9.17) is 17.3 Å². The summed E-state index contributed by atoms with van der Waals surface area (Å²) in [5.74, 6) is -0.0998. The molecule has 0 aliphatic carbocycles. The van der Waals surface area contributed by atoms with Crippen LogP contribution in [0.2, 0.25) is 5.02 Å². The van der Waals surface area contributed by atoms with E-state index < -0.39 is 0 Å². The summed E-state index contributed by atoms with van der Waals surface area (Å²) in [5.41, 5.74) is 7.57. The zero-order chi connectivity index (χ0) is 13.1. The van der Waals surface area contributed by atoms with Gasteiger partial charge in [0.05, 0.1) is 0 Å². The largest absolute Gasteiger partial charge is 0.399 e. The Labute approximate surface area is 111 Å². The molecule has 92 valence electrons. The monoisotopic (exact) mass is 260 g/mol. The van der Waals surface area contributed by atoms with Gasteiger partial charge in [0, 0.05) is 29.0 Å². The van der Waals surface area contributed by atoms with Crippen molar-refractivity contribution in [2.24, 2.45) is 0 Å². The number of nitrogens with two attached hydrogens (primary N) is 1. The third-order valence-electron chi connectivity index (χ3n) is 2.66. The molecule has 0 aromatic heterocycles.